The summed E-state index contributed by atoms with van der Waals surface area (Å²) in [6.07, 6.45) is 17.1. The van der Waals surface area contributed by atoms with E-state index in [9.17, 15) is 0 Å². The number of anilines is 1. The molecule has 13 rings (SSSR count). The van der Waals surface area contributed by atoms with Gasteiger partial charge in [0.15, 0.2) is 0 Å². The van der Waals surface area contributed by atoms with Gasteiger partial charge < -0.3 is 9.47 Å². The zero-order valence-electron chi connectivity index (χ0n) is 37.8. The summed E-state index contributed by atoms with van der Waals surface area (Å²) in [6, 6.07) is 65.5. The third-order valence-electron chi connectivity index (χ3n) is 15.5. The molecule has 318 valence electrons. The van der Waals surface area contributed by atoms with Gasteiger partial charge in [0.1, 0.15) is 0 Å². The Balaban J connectivity index is 0.968. The Morgan fingerprint density at radius 2 is 1.20 bits per heavy atom. The Labute approximate surface area is 388 Å². The van der Waals surface area contributed by atoms with Crippen LogP contribution in [-0.4, -0.2) is 10.6 Å². The maximum Gasteiger partial charge on any atom is 0.0686 e. The number of nitrogens with zero attached hydrogens (tertiary/aromatic N) is 2. The summed E-state index contributed by atoms with van der Waals surface area (Å²) < 4.78 is 2.41. The normalized spacial score (nSPS) is 21.2. The Morgan fingerprint density at radius 3 is 1.94 bits per heavy atom. The van der Waals surface area contributed by atoms with Crippen molar-refractivity contribution in [3.63, 3.8) is 0 Å². The summed E-state index contributed by atoms with van der Waals surface area (Å²) in [5, 5.41) is 2.58. The number of allylic oxidation sites excluding steroid dienone is 10. The second-order valence-electron chi connectivity index (χ2n) is 19.4. The molecule has 66 heavy (non-hydrogen) atoms. The molecule has 0 amide bonds. The van der Waals surface area contributed by atoms with Crippen LogP contribution in [0.5, 0.6) is 0 Å². The molecule has 0 aliphatic heterocycles. The molecule has 8 aromatic rings. The lowest BCUT2D eigenvalue weighted by molar-refractivity contribution is 0.540. The molecule has 0 bridgehead atoms. The van der Waals surface area contributed by atoms with Crippen LogP contribution in [0.25, 0.3) is 55.3 Å². The molecule has 5 aliphatic carbocycles. The van der Waals surface area contributed by atoms with Crippen LogP contribution in [0.4, 0.5) is 5.69 Å². The molecule has 0 fully saturated rings. The fourth-order valence-corrected chi connectivity index (χ4v) is 12.6. The largest absolute Gasteiger partial charge is 0.337 e. The summed E-state index contributed by atoms with van der Waals surface area (Å²) in [7, 11) is 0. The van der Waals surface area contributed by atoms with E-state index in [2.05, 4.69) is 243 Å². The molecule has 0 radical (unpaired) electrons. The van der Waals surface area contributed by atoms with Crippen LogP contribution >= 0.6 is 0 Å². The summed E-state index contributed by atoms with van der Waals surface area (Å²) >= 11 is 0. The first-order valence-electron chi connectivity index (χ1n) is 24.0. The van der Waals surface area contributed by atoms with Gasteiger partial charge in [0.2, 0.25) is 0 Å². The molecule has 7 aromatic carbocycles. The van der Waals surface area contributed by atoms with Crippen molar-refractivity contribution in [2.45, 2.75) is 45.1 Å². The van der Waals surface area contributed by atoms with Gasteiger partial charge in [0, 0.05) is 33.8 Å². The fraction of sp³-hybridized carbons (Fsp3) is 0.156. The molecule has 2 nitrogen and oxygen atoms in total. The van der Waals surface area contributed by atoms with Crippen LogP contribution in [0.3, 0.4) is 0 Å². The molecule has 4 atom stereocenters. The van der Waals surface area contributed by atoms with Crippen molar-refractivity contribution >= 4 is 33.1 Å². The SMILES string of the molecule is CC1C=CC2=C(C1)C1(C3=CC(N(C4=CC=C(c5ccc6c(c5)c5ccccc5n6-c5ccccc5)C[C@@H]4C)c4ccc(-c5ccccc5)cc4)C(C)C=C32)c2ccccc2-c2ccccc21. The lowest BCUT2D eigenvalue weighted by Gasteiger charge is -2.43. The average Bonchev–Trinajstić information content (AvgIpc) is 3.96. The van der Waals surface area contributed by atoms with E-state index in [1.165, 1.54) is 100 Å². The van der Waals surface area contributed by atoms with Gasteiger partial charge in [-0.15, -0.1) is 0 Å². The van der Waals surface area contributed by atoms with E-state index in [0.717, 1.165) is 12.8 Å². The zero-order valence-corrected chi connectivity index (χ0v) is 37.8. The van der Waals surface area contributed by atoms with Crippen molar-refractivity contribution in [1.29, 1.82) is 0 Å². The van der Waals surface area contributed by atoms with E-state index in [-0.39, 0.29) is 23.3 Å². The molecular formula is C64H52N2. The first-order chi connectivity index (χ1) is 32.5. The molecule has 1 spiro atoms. The van der Waals surface area contributed by atoms with Crippen molar-refractivity contribution in [1.82, 2.24) is 4.57 Å². The van der Waals surface area contributed by atoms with E-state index < -0.39 is 0 Å². The lowest BCUT2D eigenvalue weighted by Crippen LogP contribution is -2.42. The van der Waals surface area contributed by atoms with E-state index in [1.807, 2.05) is 0 Å². The molecule has 5 aliphatic rings. The van der Waals surface area contributed by atoms with Crippen molar-refractivity contribution in [2.24, 2.45) is 17.8 Å². The van der Waals surface area contributed by atoms with Crippen LogP contribution in [-0.2, 0) is 5.41 Å². The van der Waals surface area contributed by atoms with Crippen molar-refractivity contribution in [2.75, 3.05) is 4.90 Å². The summed E-state index contributed by atoms with van der Waals surface area (Å²) in [6.45, 7) is 7.28. The molecule has 1 aromatic heterocycles. The Hall–Kier alpha value is -7.42. The van der Waals surface area contributed by atoms with Crippen molar-refractivity contribution < 1.29 is 0 Å². The molecule has 2 heteroatoms. The van der Waals surface area contributed by atoms with Crippen LogP contribution in [0.2, 0.25) is 0 Å². The third kappa shape index (κ3) is 5.73. The summed E-state index contributed by atoms with van der Waals surface area (Å²) in [5.41, 5.74) is 22.6. The lowest BCUT2D eigenvalue weighted by atomic mass is 9.66. The van der Waals surface area contributed by atoms with E-state index in [0.29, 0.717) is 5.92 Å². The highest BCUT2D eigenvalue weighted by atomic mass is 15.2. The average molecular weight is 849 g/mol. The number of para-hydroxylation sites is 2. The van der Waals surface area contributed by atoms with E-state index in [1.54, 1.807) is 5.57 Å². The maximum atomic E-state index is 2.71. The number of benzene rings is 7. The zero-order chi connectivity index (χ0) is 44.1. The molecule has 0 saturated carbocycles. The summed E-state index contributed by atoms with van der Waals surface area (Å²) in [4.78, 5) is 2.71. The van der Waals surface area contributed by atoms with Crippen molar-refractivity contribution in [3.05, 3.63) is 257 Å². The molecule has 0 saturated heterocycles. The van der Waals surface area contributed by atoms with Crippen molar-refractivity contribution in [3.8, 4) is 27.9 Å². The maximum absolute atomic E-state index is 2.71. The minimum Gasteiger partial charge on any atom is -0.337 e. The number of hydrogen-bond acceptors (Lipinski definition) is 1. The van der Waals surface area contributed by atoms with Crippen LogP contribution in [0, 0.1) is 17.8 Å². The van der Waals surface area contributed by atoms with Gasteiger partial charge in [-0.3, -0.25) is 0 Å². The Kier molecular flexibility index (Phi) is 8.90. The topological polar surface area (TPSA) is 8.17 Å². The minimum atomic E-state index is -0.323. The second kappa shape index (κ2) is 15.1. The standard InChI is InChI=1S/C64H52N2/c1-41-26-33-52-54-38-43(3)63(40-59(54)64(58(52)36-41)56-23-13-10-20-50(56)51-21-11-14-24-57(51)64)65(49-31-27-45(28-32-49)44-16-6-4-7-17-44)60-34-29-46(37-42(60)2)47-30-35-62-55(39-47)53-22-12-15-25-61(53)66(62)48-18-8-5-9-19-48/h4-35,38-43,63H,36-37H2,1-3H3/t41?,42-,43?,63?/m0/s1. The Morgan fingerprint density at radius 1 is 0.561 bits per heavy atom. The van der Waals surface area contributed by atoms with Crippen LogP contribution < -0.4 is 4.90 Å². The highest BCUT2D eigenvalue weighted by Crippen LogP contribution is 2.66. The number of fused-ring (bicyclic) bond motifs is 12. The third-order valence-corrected chi connectivity index (χ3v) is 15.5. The van der Waals surface area contributed by atoms with Gasteiger partial charge in [0.05, 0.1) is 22.5 Å². The van der Waals surface area contributed by atoms with Gasteiger partial charge in [-0.05, 0) is 140 Å². The van der Waals surface area contributed by atoms with Crippen LogP contribution in [0.15, 0.2) is 240 Å². The Bertz CT molecular complexity index is 3410. The number of rotatable bonds is 6. The highest BCUT2D eigenvalue weighted by molar-refractivity contribution is 6.10. The van der Waals surface area contributed by atoms with E-state index >= 15 is 0 Å². The first kappa shape index (κ1) is 39.0. The first-order valence-corrected chi connectivity index (χ1v) is 24.0. The highest BCUT2D eigenvalue weighted by Gasteiger charge is 2.56. The van der Waals surface area contributed by atoms with Gasteiger partial charge in [-0.2, -0.15) is 0 Å². The molecule has 3 unspecified atom stereocenters. The smallest absolute Gasteiger partial charge is 0.0686 e. The molecule has 1 heterocycles. The van der Waals surface area contributed by atoms with Gasteiger partial charge >= 0.3 is 0 Å². The quantitative estimate of drug-likeness (QED) is 0.162. The monoisotopic (exact) mass is 848 g/mol. The minimum absolute atomic E-state index is 0.0926. The summed E-state index contributed by atoms with van der Waals surface area (Å²) in [5.74, 6) is 1.01. The second-order valence-corrected chi connectivity index (χ2v) is 19.4. The molecule has 0 N–H and O–H groups in total. The van der Waals surface area contributed by atoms with Gasteiger partial charge in [0.25, 0.3) is 0 Å². The molecular weight excluding hydrogens is 797 g/mol. The predicted octanol–water partition coefficient (Wildman–Crippen LogP) is 16.0. The van der Waals surface area contributed by atoms with E-state index in [4.69, 9.17) is 0 Å². The number of aromatic nitrogens is 1. The number of hydrogen-bond donors (Lipinski definition) is 0. The van der Waals surface area contributed by atoms with Crippen LogP contribution in [0.1, 0.15) is 50.3 Å². The fourth-order valence-electron chi connectivity index (χ4n) is 12.6. The van der Waals surface area contributed by atoms with Gasteiger partial charge in [-0.25, -0.2) is 0 Å². The van der Waals surface area contributed by atoms with Gasteiger partial charge in [-0.1, -0.05) is 185 Å². The predicted molar refractivity (Wildman–Crippen MR) is 277 cm³/mol.